The average Bonchev–Trinajstić information content (AvgIpc) is 3.75. The molecule has 0 unspecified atom stereocenters. The molecule has 0 amide bonds. The molecule has 3 aromatic heterocycles. The number of carbonyl (C=O) groups is 2. The number of hydrogen-bond acceptors (Lipinski definition) is 10. The highest BCUT2D eigenvalue weighted by Gasteiger charge is 2.76. The van der Waals surface area contributed by atoms with Gasteiger partial charge in [0.1, 0.15) is 11.9 Å². The molecule has 234 valence electrons. The van der Waals surface area contributed by atoms with Crippen LogP contribution in [0.3, 0.4) is 0 Å². The molecule has 45 heavy (non-hydrogen) atoms. The van der Waals surface area contributed by atoms with E-state index in [-0.39, 0.29) is 24.3 Å². The molecule has 4 aliphatic rings. The Kier molecular flexibility index (Phi) is 6.83. The number of nitriles is 1. The third-order valence-electron chi connectivity index (χ3n) is 11.2. The van der Waals surface area contributed by atoms with E-state index in [4.69, 9.17) is 9.15 Å². The number of carbonyl (C=O) groups excluding carboxylic acids is 2. The fraction of sp³-hybridized carbons (Fsp3) is 0.500. The Morgan fingerprint density at radius 2 is 2.07 bits per heavy atom. The molecule has 0 spiro atoms. The normalized spacial score (nSPS) is 34.8. The molecule has 0 radical (unpaired) electrons. The molecule has 0 saturated heterocycles. The quantitative estimate of drug-likeness (QED) is 0.300. The molecule has 7 rings (SSSR count). The number of nitrogens with zero attached hydrogens (tertiary/aromatic N) is 5. The third-order valence-corrected chi connectivity index (χ3v) is 12.0. The van der Waals surface area contributed by atoms with E-state index >= 15 is 4.39 Å². The Hall–Kier alpha value is -3.89. The summed E-state index contributed by atoms with van der Waals surface area (Å²) in [5.41, 5.74) is -3.02. The van der Waals surface area contributed by atoms with E-state index in [0.29, 0.717) is 31.4 Å². The van der Waals surface area contributed by atoms with Gasteiger partial charge in [-0.25, -0.2) is 23.8 Å². The monoisotopic (exact) mass is 635 g/mol. The van der Waals surface area contributed by atoms with E-state index in [1.165, 1.54) is 12.3 Å². The minimum Gasteiger partial charge on any atom is -0.451 e. The lowest BCUT2D eigenvalue weighted by atomic mass is 9.44. The molecule has 3 fully saturated rings. The topological polar surface area (TPSA) is 144 Å². The van der Waals surface area contributed by atoms with Crippen LogP contribution in [-0.4, -0.2) is 59.1 Å². The zero-order chi connectivity index (χ0) is 31.8. The molecule has 3 heterocycles. The number of aliphatic hydroxyl groups is 1. The number of thioether (sulfide) groups is 1. The number of allylic oxidation sites excluding steroid dienone is 1. The molecule has 0 bridgehead atoms. The van der Waals surface area contributed by atoms with E-state index in [0.717, 1.165) is 41.2 Å². The van der Waals surface area contributed by atoms with Crippen molar-refractivity contribution in [2.24, 2.45) is 22.7 Å². The fourth-order valence-electron chi connectivity index (χ4n) is 9.03. The van der Waals surface area contributed by atoms with Crippen LogP contribution in [-0.2, 0) is 16.0 Å². The van der Waals surface area contributed by atoms with E-state index in [9.17, 15) is 24.3 Å². The number of alkyl halides is 1. The van der Waals surface area contributed by atoms with Crippen LogP contribution in [0.4, 0.5) is 8.78 Å². The van der Waals surface area contributed by atoms with Gasteiger partial charge in [-0.05, 0) is 68.2 Å². The number of ether oxygens (including phenoxy) is 1. The largest absolute Gasteiger partial charge is 0.451 e. The summed E-state index contributed by atoms with van der Waals surface area (Å²) in [6, 6.07) is 4.80. The second kappa shape index (κ2) is 10.3. The van der Waals surface area contributed by atoms with Crippen molar-refractivity contribution >= 4 is 28.9 Å². The van der Waals surface area contributed by atoms with Crippen LogP contribution in [0.15, 0.2) is 47.2 Å². The minimum atomic E-state index is -2.05. The number of pyridine rings is 1. The van der Waals surface area contributed by atoms with Crippen molar-refractivity contribution < 1.29 is 32.6 Å². The Morgan fingerprint density at radius 1 is 1.24 bits per heavy atom. The van der Waals surface area contributed by atoms with Gasteiger partial charge in [-0.15, -0.1) is 0 Å². The summed E-state index contributed by atoms with van der Waals surface area (Å²) in [4.78, 5) is 34.7. The molecule has 13 heteroatoms. The van der Waals surface area contributed by atoms with Crippen molar-refractivity contribution in [3.05, 3.63) is 65.7 Å². The molecule has 7 atom stereocenters. The molecular formula is C32H31F2N5O5S. The van der Waals surface area contributed by atoms with Gasteiger partial charge in [0.05, 0.1) is 41.7 Å². The van der Waals surface area contributed by atoms with Crippen LogP contribution in [0.25, 0.3) is 11.8 Å². The summed E-state index contributed by atoms with van der Waals surface area (Å²) < 4.78 is 44.3. The first-order valence-electron chi connectivity index (χ1n) is 14.9. The van der Waals surface area contributed by atoms with Crippen molar-refractivity contribution in [3.63, 3.8) is 0 Å². The highest BCUT2D eigenvalue weighted by Crippen LogP contribution is 2.71. The lowest BCUT2D eigenvalue weighted by Crippen LogP contribution is -2.70. The summed E-state index contributed by atoms with van der Waals surface area (Å²) in [6.45, 7) is 3.67. The van der Waals surface area contributed by atoms with E-state index < -0.39 is 57.1 Å². The number of hydrogen-bond donors (Lipinski definition) is 1. The maximum absolute atomic E-state index is 18.1. The number of aromatic nitrogens is 4. The lowest BCUT2D eigenvalue weighted by molar-refractivity contribution is -0.222. The summed E-state index contributed by atoms with van der Waals surface area (Å²) in [7, 11) is 0. The first-order valence-corrected chi connectivity index (χ1v) is 15.9. The van der Waals surface area contributed by atoms with Gasteiger partial charge < -0.3 is 14.3 Å². The van der Waals surface area contributed by atoms with Crippen LogP contribution < -0.4 is 0 Å². The van der Waals surface area contributed by atoms with Crippen LogP contribution >= 0.6 is 11.8 Å². The Morgan fingerprint density at radius 3 is 2.78 bits per heavy atom. The van der Waals surface area contributed by atoms with Crippen LogP contribution in [0.2, 0.25) is 0 Å². The van der Waals surface area contributed by atoms with Crippen molar-refractivity contribution in [2.75, 3.05) is 5.75 Å². The van der Waals surface area contributed by atoms with Gasteiger partial charge in [0.2, 0.25) is 11.1 Å². The predicted octanol–water partition coefficient (Wildman–Crippen LogP) is 5.02. The number of fused-ring (bicyclic) bond motifs is 6. The number of halogens is 2. The summed E-state index contributed by atoms with van der Waals surface area (Å²) in [5.74, 6) is -2.62. The molecule has 10 nitrogen and oxygen atoms in total. The molecular weight excluding hydrogens is 604 g/mol. The van der Waals surface area contributed by atoms with E-state index in [2.05, 4.69) is 15.1 Å². The first-order chi connectivity index (χ1) is 21.5. The van der Waals surface area contributed by atoms with Crippen LogP contribution in [0.5, 0.6) is 0 Å². The van der Waals surface area contributed by atoms with Crippen LogP contribution in [0.1, 0.15) is 67.7 Å². The smallest absolute Gasteiger partial charge is 0.361 e. The average molecular weight is 636 g/mol. The van der Waals surface area contributed by atoms with Gasteiger partial charge in [0.25, 0.3) is 0 Å². The molecule has 4 aliphatic carbocycles. The van der Waals surface area contributed by atoms with Gasteiger partial charge in [-0.2, -0.15) is 14.8 Å². The van der Waals surface area contributed by atoms with Crippen molar-refractivity contribution in [1.29, 1.82) is 5.26 Å². The van der Waals surface area contributed by atoms with E-state index in [1.54, 1.807) is 16.9 Å². The molecule has 0 aromatic carbocycles. The van der Waals surface area contributed by atoms with Gasteiger partial charge in [-0.3, -0.25) is 4.79 Å². The molecule has 1 N–H and O–H groups in total. The summed E-state index contributed by atoms with van der Waals surface area (Å²) in [5, 5.41) is 25.2. The predicted molar refractivity (Wildman–Crippen MR) is 157 cm³/mol. The fourth-order valence-corrected chi connectivity index (χ4v) is 9.83. The third kappa shape index (κ3) is 4.04. The Bertz CT molecular complexity index is 1760. The van der Waals surface area contributed by atoms with Crippen molar-refractivity contribution in [1.82, 2.24) is 19.7 Å². The standard InChI is InChI=1S/C32H31F2N5O5S/c1-29-12-18-14-38-39(20-4-6-26(33)36-15-20)24(18)11-19(29)3-5-22-21-7-8-31(28(42)45-10-9-35,44-27(41)23-16-43-17-37-23)30(21,2)13-25(40)32(22,29)34/h4,6,11,14-17,21-22,25,40H,3,5,7-8,10,12-13H2,1-2H3/t21-,22-,25-,29-,30-,31-,32-/m0/s1. The Labute approximate surface area is 261 Å². The first kappa shape index (κ1) is 29.8. The highest BCUT2D eigenvalue weighted by atomic mass is 32.2. The van der Waals surface area contributed by atoms with Crippen molar-refractivity contribution in [2.45, 2.75) is 69.7 Å². The maximum Gasteiger partial charge on any atom is 0.361 e. The minimum absolute atomic E-state index is 0.106. The number of rotatable bonds is 5. The van der Waals surface area contributed by atoms with Crippen LogP contribution in [0, 0.1) is 39.9 Å². The van der Waals surface area contributed by atoms with Gasteiger partial charge in [0, 0.05) is 16.7 Å². The number of aliphatic hydroxyl groups excluding tert-OH is 1. The van der Waals surface area contributed by atoms with Gasteiger partial charge >= 0.3 is 5.97 Å². The maximum atomic E-state index is 18.1. The molecule has 3 aromatic rings. The molecule has 3 saturated carbocycles. The Balaban J connectivity index is 1.26. The SMILES string of the molecule is C[C@]12Cc3cnn(-c4ccc(F)nc4)c3C=C1CC[C@H]1[C@@H]3CC[C@](OC(=O)c4cocn4)(C(=O)SCC#N)[C@@]3(C)C[C@H](O)[C@@]12F. The lowest BCUT2D eigenvalue weighted by Gasteiger charge is -2.63. The van der Waals surface area contributed by atoms with E-state index in [1.807, 2.05) is 26.0 Å². The van der Waals surface area contributed by atoms with Gasteiger partial charge in [-0.1, -0.05) is 31.2 Å². The molecule has 0 aliphatic heterocycles. The summed E-state index contributed by atoms with van der Waals surface area (Å²) >= 11 is 0.767. The van der Waals surface area contributed by atoms with Gasteiger partial charge in [0.15, 0.2) is 17.7 Å². The number of esters is 1. The van der Waals surface area contributed by atoms with Crippen molar-refractivity contribution in [3.8, 4) is 11.8 Å². The highest BCUT2D eigenvalue weighted by molar-refractivity contribution is 8.14. The second-order valence-electron chi connectivity index (χ2n) is 13.0. The second-order valence-corrected chi connectivity index (χ2v) is 14.0. The zero-order valence-electron chi connectivity index (χ0n) is 24.7. The summed E-state index contributed by atoms with van der Waals surface area (Å²) in [6.07, 6.45) is 7.43. The zero-order valence-corrected chi connectivity index (χ0v) is 25.5. The number of oxazole rings is 1.